The molecule has 0 atom stereocenters. The van der Waals surface area contributed by atoms with Crippen LogP contribution < -0.4 is 9.47 Å². The molecule has 0 amide bonds. The van der Waals surface area contributed by atoms with E-state index in [1.807, 2.05) is 24.3 Å². The summed E-state index contributed by atoms with van der Waals surface area (Å²) in [6, 6.07) is 37.9. The first-order chi connectivity index (χ1) is 21.7. The summed E-state index contributed by atoms with van der Waals surface area (Å²) in [6.07, 6.45) is 1.61. The molecular formula is C37H33N5O2. The Morgan fingerprint density at radius 1 is 0.773 bits per heavy atom. The van der Waals surface area contributed by atoms with Gasteiger partial charge in [-0.05, 0) is 70.8 Å². The summed E-state index contributed by atoms with van der Waals surface area (Å²) in [6.45, 7) is 3.39. The van der Waals surface area contributed by atoms with E-state index in [2.05, 4.69) is 117 Å². The Kier molecular flexibility index (Phi) is 7.51. The van der Waals surface area contributed by atoms with Gasteiger partial charge in [0.1, 0.15) is 11.5 Å². The zero-order valence-corrected chi connectivity index (χ0v) is 24.8. The number of nitrogens with one attached hydrogen (secondary N) is 1. The number of nitrogens with zero attached hydrogens (tertiary/aromatic N) is 4. The maximum atomic E-state index is 6.35. The van der Waals surface area contributed by atoms with E-state index in [-0.39, 0.29) is 0 Å². The molecule has 0 spiro atoms. The van der Waals surface area contributed by atoms with Crippen molar-refractivity contribution in [3.8, 4) is 34.1 Å². The van der Waals surface area contributed by atoms with Gasteiger partial charge in [0.05, 0.1) is 24.9 Å². The van der Waals surface area contributed by atoms with Crippen molar-refractivity contribution in [2.24, 2.45) is 0 Å². The number of rotatable bonds is 10. The number of hydrogen-bond acceptors (Lipinski definition) is 5. The van der Waals surface area contributed by atoms with Gasteiger partial charge in [0.2, 0.25) is 5.82 Å². The summed E-state index contributed by atoms with van der Waals surface area (Å²) in [5.74, 6) is 2.32. The van der Waals surface area contributed by atoms with Crippen molar-refractivity contribution in [3.05, 3.63) is 126 Å². The third-order valence-corrected chi connectivity index (χ3v) is 8.26. The van der Waals surface area contributed by atoms with E-state index in [9.17, 15) is 0 Å². The average Bonchev–Trinajstić information content (AvgIpc) is 3.70. The lowest BCUT2D eigenvalue weighted by Crippen LogP contribution is -2.06. The Balaban J connectivity index is 1.32. The molecule has 1 N–H and O–H groups in total. The van der Waals surface area contributed by atoms with Gasteiger partial charge in [-0.15, -0.1) is 10.2 Å². The van der Waals surface area contributed by atoms with Gasteiger partial charge < -0.3 is 14.0 Å². The summed E-state index contributed by atoms with van der Waals surface area (Å²) >= 11 is 0. The molecule has 0 aliphatic heterocycles. The predicted octanol–water partition coefficient (Wildman–Crippen LogP) is 8.02. The summed E-state index contributed by atoms with van der Waals surface area (Å²) < 4.78 is 14.1. The first-order valence-corrected chi connectivity index (χ1v) is 14.9. The number of H-pyrrole nitrogens is 1. The highest BCUT2D eigenvalue weighted by Crippen LogP contribution is 2.40. The lowest BCUT2D eigenvalue weighted by atomic mass is 9.97. The highest BCUT2D eigenvalue weighted by molar-refractivity contribution is 6.01. The molecule has 0 fully saturated rings. The van der Waals surface area contributed by atoms with Crippen LogP contribution in [0.25, 0.3) is 44.3 Å². The van der Waals surface area contributed by atoms with Crippen LogP contribution in [0.15, 0.2) is 109 Å². The van der Waals surface area contributed by atoms with Crippen molar-refractivity contribution in [1.82, 2.24) is 25.2 Å². The Morgan fingerprint density at radius 2 is 1.52 bits per heavy atom. The number of aromatic nitrogens is 5. The zero-order valence-electron chi connectivity index (χ0n) is 24.8. The van der Waals surface area contributed by atoms with Gasteiger partial charge in [-0.2, -0.15) is 5.21 Å². The van der Waals surface area contributed by atoms with Crippen molar-refractivity contribution in [3.63, 3.8) is 0 Å². The highest BCUT2D eigenvalue weighted by Gasteiger charge is 2.24. The molecule has 5 aromatic carbocycles. The Morgan fingerprint density at radius 3 is 2.34 bits per heavy atom. The fraction of sp³-hybridized carbons (Fsp3) is 0.162. The van der Waals surface area contributed by atoms with Crippen LogP contribution in [0.5, 0.6) is 11.5 Å². The van der Waals surface area contributed by atoms with Crippen LogP contribution in [0, 0.1) is 6.92 Å². The molecular weight excluding hydrogens is 546 g/mol. The Bertz CT molecular complexity index is 2040. The van der Waals surface area contributed by atoms with Crippen LogP contribution >= 0.6 is 0 Å². The maximum absolute atomic E-state index is 6.35. The third-order valence-electron chi connectivity index (χ3n) is 8.26. The molecule has 7 nitrogen and oxygen atoms in total. The average molecular weight is 580 g/mol. The number of aryl methyl sites for hydroxylation is 2. The van der Waals surface area contributed by atoms with E-state index in [0.29, 0.717) is 19.0 Å². The summed E-state index contributed by atoms with van der Waals surface area (Å²) in [5.41, 5.74) is 8.07. The van der Waals surface area contributed by atoms with Crippen molar-refractivity contribution in [2.75, 3.05) is 13.7 Å². The number of benzene rings is 5. The molecule has 0 aliphatic carbocycles. The van der Waals surface area contributed by atoms with Crippen LogP contribution in [-0.2, 0) is 13.0 Å². The number of fused-ring (bicyclic) bond motifs is 2. The van der Waals surface area contributed by atoms with Crippen LogP contribution in [-0.4, -0.2) is 38.9 Å². The smallest absolute Gasteiger partial charge is 0.221 e. The summed E-state index contributed by atoms with van der Waals surface area (Å²) in [5, 5.41) is 19.1. The van der Waals surface area contributed by atoms with Gasteiger partial charge in [0, 0.05) is 22.9 Å². The minimum atomic E-state index is 0.579. The number of hydrogen-bond donors (Lipinski definition) is 1. The molecule has 7 rings (SSSR count). The SMILES string of the molecule is COc1ccc(Cn2c(-c3nn[nH]n3)c(CCCOc3cccc4ccccc34)c3cccc(-c4ccccc4C)c32)cc1. The molecule has 0 aliphatic rings. The topological polar surface area (TPSA) is 77.9 Å². The molecule has 7 aromatic rings. The third kappa shape index (κ3) is 5.17. The highest BCUT2D eigenvalue weighted by atomic mass is 16.5. The fourth-order valence-electron chi connectivity index (χ4n) is 6.17. The van der Waals surface area contributed by atoms with Gasteiger partial charge in [-0.1, -0.05) is 91.0 Å². The number of ether oxygens (including phenoxy) is 2. The maximum Gasteiger partial charge on any atom is 0.221 e. The number of aromatic amines is 1. The summed E-state index contributed by atoms with van der Waals surface area (Å²) in [7, 11) is 1.69. The molecule has 0 saturated carbocycles. The first-order valence-electron chi connectivity index (χ1n) is 14.9. The van der Waals surface area contributed by atoms with E-state index < -0.39 is 0 Å². The minimum absolute atomic E-state index is 0.579. The summed E-state index contributed by atoms with van der Waals surface area (Å²) in [4.78, 5) is 0. The van der Waals surface area contributed by atoms with E-state index >= 15 is 0 Å². The number of tetrazole rings is 1. The largest absolute Gasteiger partial charge is 0.497 e. The van der Waals surface area contributed by atoms with Gasteiger partial charge in [-0.3, -0.25) is 0 Å². The second-order valence-corrected chi connectivity index (χ2v) is 10.9. The molecule has 2 aromatic heterocycles. The lowest BCUT2D eigenvalue weighted by Gasteiger charge is -2.14. The zero-order chi connectivity index (χ0) is 29.9. The molecule has 0 bridgehead atoms. The van der Waals surface area contributed by atoms with E-state index in [1.54, 1.807) is 7.11 Å². The van der Waals surface area contributed by atoms with E-state index in [4.69, 9.17) is 9.47 Å². The van der Waals surface area contributed by atoms with Crippen molar-refractivity contribution < 1.29 is 9.47 Å². The molecule has 7 heteroatoms. The van der Waals surface area contributed by atoms with Gasteiger partial charge >= 0.3 is 0 Å². The van der Waals surface area contributed by atoms with Crippen LogP contribution in [0.4, 0.5) is 0 Å². The van der Waals surface area contributed by atoms with Crippen molar-refractivity contribution in [2.45, 2.75) is 26.3 Å². The van der Waals surface area contributed by atoms with Crippen LogP contribution in [0.1, 0.15) is 23.1 Å². The van der Waals surface area contributed by atoms with Gasteiger partial charge in [0.15, 0.2) is 0 Å². The number of para-hydroxylation sites is 1. The van der Waals surface area contributed by atoms with E-state index in [0.717, 1.165) is 46.5 Å². The minimum Gasteiger partial charge on any atom is -0.497 e. The Labute approximate surface area is 256 Å². The van der Waals surface area contributed by atoms with Crippen LogP contribution in [0.3, 0.4) is 0 Å². The quantitative estimate of drug-likeness (QED) is 0.166. The monoisotopic (exact) mass is 579 g/mol. The molecule has 0 radical (unpaired) electrons. The molecule has 44 heavy (non-hydrogen) atoms. The van der Waals surface area contributed by atoms with Crippen molar-refractivity contribution in [1.29, 1.82) is 0 Å². The first kappa shape index (κ1) is 27.4. The van der Waals surface area contributed by atoms with Gasteiger partial charge in [-0.25, -0.2) is 0 Å². The molecule has 2 heterocycles. The molecule has 0 unspecified atom stereocenters. The second-order valence-electron chi connectivity index (χ2n) is 10.9. The second kappa shape index (κ2) is 12.1. The molecule has 218 valence electrons. The van der Waals surface area contributed by atoms with Crippen molar-refractivity contribution >= 4 is 21.7 Å². The molecule has 0 saturated heterocycles. The normalized spacial score (nSPS) is 11.3. The standard InChI is InChI=1S/C37H33N5O2/c1-25-10-3-5-13-29(25)31-15-8-16-32-33(17-9-23-44-34-18-7-12-27-11-4-6-14-30(27)34)36(37-38-40-41-39-37)42(35(31)32)24-26-19-21-28(43-2)22-20-26/h3-8,10-16,18-22H,9,17,23-24H2,1-2H3,(H,38,39,40,41). The number of methoxy groups -OCH3 is 1. The lowest BCUT2D eigenvalue weighted by molar-refractivity contribution is 0.315. The van der Waals surface area contributed by atoms with Crippen LogP contribution in [0.2, 0.25) is 0 Å². The Hall–Kier alpha value is -5.43. The van der Waals surface area contributed by atoms with E-state index in [1.165, 1.54) is 33.0 Å². The van der Waals surface area contributed by atoms with Gasteiger partial charge in [0.25, 0.3) is 0 Å². The predicted molar refractivity (Wildman–Crippen MR) is 175 cm³/mol. The fourth-order valence-corrected chi connectivity index (χ4v) is 6.17.